The Bertz CT molecular complexity index is 761. The Kier molecular flexibility index (Phi) is 2.62. The average molecular weight is 309 g/mol. The third kappa shape index (κ3) is 1.99. The van der Waals surface area contributed by atoms with Crippen molar-refractivity contribution in [1.29, 1.82) is 0 Å². The molecule has 2 aliphatic carbocycles. The molecule has 2 aromatic rings. The van der Waals surface area contributed by atoms with Crippen LogP contribution in [0.3, 0.4) is 0 Å². The summed E-state index contributed by atoms with van der Waals surface area (Å²) < 4.78 is 38.4. The maximum atomic E-state index is 12.8. The van der Waals surface area contributed by atoms with Crippen LogP contribution in [0, 0.1) is 5.41 Å². The minimum atomic E-state index is -4.44. The van der Waals surface area contributed by atoms with Gasteiger partial charge in [-0.1, -0.05) is 6.42 Å². The highest BCUT2D eigenvalue weighted by Crippen LogP contribution is 2.60. The van der Waals surface area contributed by atoms with Crippen LogP contribution in [-0.4, -0.2) is 22.1 Å². The smallest absolute Gasteiger partial charge is 0.347 e. The van der Waals surface area contributed by atoms with Crippen molar-refractivity contribution < 1.29 is 18.0 Å². The number of aromatic amines is 1. The SMILES string of the molecule is O=C(NC1CC12CCC2)c1n[nH]c2ccc(C(F)(F)F)cc12. The number of amides is 1. The van der Waals surface area contributed by atoms with Crippen LogP contribution >= 0.6 is 0 Å². The summed E-state index contributed by atoms with van der Waals surface area (Å²) >= 11 is 0. The zero-order valence-corrected chi connectivity index (χ0v) is 11.6. The van der Waals surface area contributed by atoms with Crippen LogP contribution in [0.5, 0.6) is 0 Å². The molecule has 2 fully saturated rings. The molecule has 1 atom stereocenters. The molecule has 22 heavy (non-hydrogen) atoms. The van der Waals surface area contributed by atoms with E-state index in [1.54, 1.807) is 0 Å². The van der Waals surface area contributed by atoms with Crippen molar-refractivity contribution in [2.45, 2.75) is 37.9 Å². The van der Waals surface area contributed by atoms with Crippen molar-refractivity contribution in [3.63, 3.8) is 0 Å². The zero-order valence-electron chi connectivity index (χ0n) is 11.6. The highest BCUT2D eigenvalue weighted by molar-refractivity contribution is 6.05. The second-order valence-electron chi connectivity index (χ2n) is 6.28. The molecule has 0 radical (unpaired) electrons. The molecule has 2 N–H and O–H groups in total. The van der Waals surface area contributed by atoms with Crippen LogP contribution in [0.15, 0.2) is 18.2 Å². The molecule has 1 aromatic heterocycles. The number of halogens is 3. The molecular weight excluding hydrogens is 295 g/mol. The van der Waals surface area contributed by atoms with Crippen LogP contribution in [-0.2, 0) is 6.18 Å². The van der Waals surface area contributed by atoms with E-state index in [1.807, 2.05) is 0 Å². The molecule has 7 heteroatoms. The van der Waals surface area contributed by atoms with Crippen molar-refractivity contribution in [3.8, 4) is 0 Å². The van der Waals surface area contributed by atoms with E-state index in [1.165, 1.54) is 12.5 Å². The van der Waals surface area contributed by atoms with Crippen LogP contribution in [0.25, 0.3) is 10.9 Å². The largest absolute Gasteiger partial charge is 0.416 e. The molecule has 0 aliphatic heterocycles. The van der Waals surface area contributed by atoms with E-state index in [0.717, 1.165) is 31.4 Å². The molecule has 0 bridgehead atoms. The van der Waals surface area contributed by atoms with Crippen molar-refractivity contribution in [1.82, 2.24) is 15.5 Å². The van der Waals surface area contributed by atoms with E-state index >= 15 is 0 Å². The fourth-order valence-corrected chi connectivity index (χ4v) is 3.33. The van der Waals surface area contributed by atoms with E-state index in [-0.39, 0.29) is 22.5 Å². The van der Waals surface area contributed by atoms with Gasteiger partial charge in [-0.15, -0.1) is 0 Å². The van der Waals surface area contributed by atoms with Crippen LogP contribution in [0.2, 0.25) is 0 Å². The van der Waals surface area contributed by atoms with Crippen LogP contribution < -0.4 is 5.32 Å². The number of hydrogen-bond donors (Lipinski definition) is 2. The van der Waals surface area contributed by atoms with Gasteiger partial charge < -0.3 is 5.32 Å². The van der Waals surface area contributed by atoms with Gasteiger partial charge in [-0.05, 0) is 42.9 Å². The number of nitrogens with zero attached hydrogens (tertiary/aromatic N) is 1. The Labute approximate surface area is 124 Å². The average Bonchev–Trinajstić information content (AvgIpc) is 2.99. The quantitative estimate of drug-likeness (QED) is 0.894. The van der Waals surface area contributed by atoms with Gasteiger partial charge in [0.2, 0.25) is 0 Å². The molecule has 1 aromatic carbocycles. The van der Waals surface area contributed by atoms with Gasteiger partial charge in [0, 0.05) is 11.4 Å². The Morgan fingerprint density at radius 3 is 2.73 bits per heavy atom. The maximum Gasteiger partial charge on any atom is 0.416 e. The number of carbonyl (C=O) groups is 1. The van der Waals surface area contributed by atoms with Crippen molar-refractivity contribution in [3.05, 3.63) is 29.5 Å². The van der Waals surface area contributed by atoms with Crippen molar-refractivity contribution in [2.75, 3.05) is 0 Å². The molecular formula is C15H14F3N3O. The summed E-state index contributed by atoms with van der Waals surface area (Å²) in [5, 5.41) is 9.60. The zero-order chi connectivity index (χ0) is 15.5. The van der Waals surface area contributed by atoms with Crippen molar-refractivity contribution >= 4 is 16.8 Å². The summed E-state index contributed by atoms with van der Waals surface area (Å²) in [4.78, 5) is 12.3. The number of nitrogens with one attached hydrogen (secondary N) is 2. The number of rotatable bonds is 2. The van der Waals surface area contributed by atoms with E-state index in [9.17, 15) is 18.0 Å². The van der Waals surface area contributed by atoms with Gasteiger partial charge in [0.1, 0.15) is 0 Å². The molecule has 116 valence electrons. The lowest BCUT2D eigenvalue weighted by Crippen LogP contribution is -2.32. The molecule has 4 rings (SSSR count). The van der Waals surface area contributed by atoms with Crippen molar-refractivity contribution in [2.24, 2.45) is 5.41 Å². The monoisotopic (exact) mass is 309 g/mol. The minimum Gasteiger partial charge on any atom is -0.347 e. The lowest BCUT2D eigenvalue weighted by atomic mass is 9.81. The summed E-state index contributed by atoms with van der Waals surface area (Å²) in [5.41, 5.74) is -0.0639. The molecule has 1 spiro atoms. The second-order valence-corrected chi connectivity index (χ2v) is 6.28. The highest BCUT2D eigenvalue weighted by Gasteiger charge is 2.58. The van der Waals surface area contributed by atoms with Gasteiger partial charge in [0.25, 0.3) is 5.91 Å². The Hall–Kier alpha value is -2.05. The lowest BCUT2D eigenvalue weighted by Gasteiger charge is -2.26. The highest BCUT2D eigenvalue weighted by atomic mass is 19.4. The fraction of sp³-hybridized carbons (Fsp3) is 0.467. The summed E-state index contributed by atoms with van der Waals surface area (Å²) in [7, 11) is 0. The third-order valence-electron chi connectivity index (χ3n) is 4.95. The van der Waals surface area contributed by atoms with Gasteiger partial charge in [-0.2, -0.15) is 18.3 Å². The third-order valence-corrected chi connectivity index (χ3v) is 4.95. The van der Waals surface area contributed by atoms with E-state index in [0.29, 0.717) is 5.52 Å². The van der Waals surface area contributed by atoms with Gasteiger partial charge in [0.15, 0.2) is 5.69 Å². The number of fused-ring (bicyclic) bond motifs is 1. The number of H-pyrrole nitrogens is 1. The first-order chi connectivity index (χ1) is 10.4. The van der Waals surface area contributed by atoms with Crippen LogP contribution in [0.4, 0.5) is 13.2 Å². The van der Waals surface area contributed by atoms with E-state index in [4.69, 9.17) is 0 Å². The Morgan fingerprint density at radius 2 is 2.14 bits per heavy atom. The molecule has 2 aliphatic rings. The van der Waals surface area contributed by atoms with Gasteiger partial charge >= 0.3 is 6.18 Å². The van der Waals surface area contributed by atoms with E-state index in [2.05, 4.69) is 15.5 Å². The topological polar surface area (TPSA) is 57.8 Å². The van der Waals surface area contributed by atoms with Gasteiger partial charge in [-0.3, -0.25) is 9.89 Å². The number of hydrogen-bond acceptors (Lipinski definition) is 2. The summed E-state index contributed by atoms with van der Waals surface area (Å²) in [6, 6.07) is 3.39. The summed E-state index contributed by atoms with van der Waals surface area (Å²) in [6.07, 6.45) is -0.0395. The van der Waals surface area contributed by atoms with E-state index < -0.39 is 17.6 Å². The first-order valence-corrected chi connectivity index (χ1v) is 7.25. The molecule has 0 saturated heterocycles. The summed E-state index contributed by atoms with van der Waals surface area (Å²) in [5.74, 6) is -0.403. The standard InChI is InChI=1S/C15H14F3N3O/c16-15(17,18)8-2-3-10-9(6-8)12(21-20-10)13(22)19-11-7-14(11)4-1-5-14/h2-3,6,11H,1,4-5,7H2,(H,19,22)(H,20,21). The molecule has 1 heterocycles. The number of carbonyl (C=O) groups excluding carboxylic acids is 1. The lowest BCUT2D eigenvalue weighted by molar-refractivity contribution is -0.137. The normalized spacial score (nSPS) is 22.6. The molecule has 2 saturated carbocycles. The van der Waals surface area contributed by atoms with Crippen LogP contribution in [0.1, 0.15) is 41.7 Å². The predicted octanol–water partition coefficient (Wildman–Crippen LogP) is 3.25. The fourth-order valence-electron chi connectivity index (χ4n) is 3.33. The number of benzene rings is 1. The first-order valence-electron chi connectivity index (χ1n) is 7.25. The van der Waals surface area contributed by atoms with Gasteiger partial charge in [-0.25, -0.2) is 0 Å². The number of alkyl halides is 3. The second kappa shape index (κ2) is 4.24. The predicted molar refractivity (Wildman–Crippen MR) is 73.3 cm³/mol. The van der Waals surface area contributed by atoms with Gasteiger partial charge in [0.05, 0.1) is 11.1 Å². The number of aromatic nitrogens is 2. The minimum absolute atomic E-state index is 0.0301. The summed E-state index contributed by atoms with van der Waals surface area (Å²) in [6.45, 7) is 0. The Morgan fingerprint density at radius 1 is 1.36 bits per heavy atom. The molecule has 1 unspecified atom stereocenters. The first kappa shape index (κ1) is 13.6. The maximum absolute atomic E-state index is 12.8. The molecule has 1 amide bonds. The Balaban J connectivity index is 1.62. The molecule has 4 nitrogen and oxygen atoms in total.